The first-order valence-electron chi connectivity index (χ1n) is 6.53. The van der Waals surface area contributed by atoms with Crippen LogP contribution in [0.5, 0.6) is 0 Å². The first-order chi connectivity index (χ1) is 9.52. The number of rotatable bonds is 5. The lowest BCUT2D eigenvalue weighted by Gasteiger charge is -2.03. The second kappa shape index (κ2) is 8.27. The van der Waals surface area contributed by atoms with Crippen molar-refractivity contribution in [3.8, 4) is 0 Å². The van der Waals surface area contributed by atoms with Gasteiger partial charge >= 0.3 is 11.9 Å². The monoisotopic (exact) mass is 280 g/mol. The van der Waals surface area contributed by atoms with Crippen molar-refractivity contribution in [2.45, 2.75) is 32.3 Å². The molecule has 0 aliphatic heterocycles. The molecular weight excluding hydrogens is 260 g/mol. The highest BCUT2D eigenvalue weighted by Gasteiger charge is 2.36. The van der Waals surface area contributed by atoms with Gasteiger partial charge in [-0.2, -0.15) is 0 Å². The molecule has 0 spiro atoms. The van der Waals surface area contributed by atoms with E-state index >= 15 is 0 Å². The van der Waals surface area contributed by atoms with Gasteiger partial charge < -0.3 is 15.6 Å². The lowest BCUT2D eigenvalue weighted by atomic mass is 10.2. The average Bonchev–Trinajstić information content (AvgIpc) is 3.13. The van der Waals surface area contributed by atoms with Crippen LogP contribution < -0.4 is 5.73 Å². The van der Waals surface area contributed by atoms with Crippen molar-refractivity contribution in [2.75, 3.05) is 6.54 Å². The second-order valence-corrected chi connectivity index (χ2v) is 4.70. The van der Waals surface area contributed by atoms with E-state index in [0.29, 0.717) is 18.8 Å². The van der Waals surface area contributed by atoms with Crippen molar-refractivity contribution in [1.29, 1.82) is 0 Å². The van der Waals surface area contributed by atoms with Gasteiger partial charge in [0.15, 0.2) is 0 Å². The largest absolute Gasteiger partial charge is 0.480 e. The lowest BCUT2D eigenvalue weighted by molar-refractivity contribution is -0.145. The summed E-state index contributed by atoms with van der Waals surface area (Å²) >= 11 is 0. The Labute approximate surface area is 118 Å². The number of nitrogens with zero attached hydrogens (tertiary/aromatic N) is 1. The summed E-state index contributed by atoms with van der Waals surface area (Å²) in [4.78, 5) is 24.6. The van der Waals surface area contributed by atoms with E-state index in [0.717, 1.165) is 12.0 Å². The number of carbonyl (C=O) groups excluding carboxylic acids is 1. The Balaban J connectivity index is 0.000000347. The number of carboxylic acids is 1. The van der Waals surface area contributed by atoms with Crippen molar-refractivity contribution < 1.29 is 19.4 Å². The third-order valence-corrected chi connectivity index (χ3v) is 2.83. The Hall–Kier alpha value is -1.95. The van der Waals surface area contributed by atoms with Crippen LogP contribution in [0.2, 0.25) is 0 Å². The number of nitrogens with two attached hydrogens (primary N) is 1. The van der Waals surface area contributed by atoms with Crippen LogP contribution in [0.15, 0.2) is 24.5 Å². The topological polar surface area (TPSA) is 103 Å². The van der Waals surface area contributed by atoms with E-state index in [9.17, 15) is 9.59 Å². The van der Waals surface area contributed by atoms with Gasteiger partial charge in [-0.05, 0) is 30.4 Å². The number of aryl methyl sites for hydroxylation is 1. The zero-order chi connectivity index (χ0) is 15.0. The van der Waals surface area contributed by atoms with Crippen LogP contribution in [-0.4, -0.2) is 34.7 Å². The number of hydrogen-bond donors (Lipinski definition) is 2. The fourth-order valence-corrected chi connectivity index (χ4v) is 1.47. The molecule has 0 saturated heterocycles. The van der Waals surface area contributed by atoms with Crippen LogP contribution in [0.4, 0.5) is 0 Å². The Morgan fingerprint density at radius 2 is 2.20 bits per heavy atom. The van der Waals surface area contributed by atoms with E-state index in [1.165, 1.54) is 0 Å². The maximum absolute atomic E-state index is 11.4. The third-order valence-electron chi connectivity index (χ3n) is 2.83. The van der Waals surface area contributed by atoms with Crippen LogP contribution in [0.25, 0.3) is 0 Å². The second-order valence-electron chi connectivity index (χ2n) is 4.70. The molecule has 2 rings (SSSR count). The third kappa shape index (κ3) is 6.84. The summed E-state index contributed by atoms with van der Waals surface area (Å²) in [6.45, 7) is 1.82. The Morgan fingerprint density at radius 1 is 1.55 bits per heavy atom. The number of carboxylic acid groups (broad SMARTS) is 1. The van der Waals surface area contributed by atoms with Crippen LogP contribution in [0.3, 0.4) is 0 Å². The SMILES string of the molecule is CC1CC1OC(=O)CCc1cccnc1.NCC(=O)O. The average molecular weight is 280 g/mol. The first-order valence-corrected chi connectivity index (χ1v) is 6.53. The lowest BCUT2D eigenvalue weighted by Crippen LogP contribution is -2.10. The van der Waals surface area contributed by atoms with E-state index in [1.54, 1.807) is 12.4 Å². The van der Waals surface area contributed by atoms with Crippen LogP contribution in [0.1, 0.15) is 25.3 Å². The molecule has 1 fully saturated rings. The minimum Gasteiger partial charge on any atom is -0.480 e. The maximum Gasteiger partial charge on any atom is 0.317 e. The molecule has 0 aromatic carbocycles. The van der Waals surface area contributed by atoms with Gasteiger partial charge in [0.2, 0.25) is 0 Å². The number of aliphatic carboxylic acids is 1. The highest BCUT2D eigenvalue weighted by molar-refractivity contribution is 5.70. The molecule has 1 aliphatic rings. The highest BCUT2D eigenvalue weighted by Crippen LogP contribution is 2.32. The molecule has 6 heteroatoms. The molecule has 1 aromatic rings. The molecule has 6 nitrogen and oxygen atoms in total. The number of carbonyl (C=O) groups is 2. The Kier molecular flexibility index (Phi) is 6.66. The molecule has 1 saturated carbocycles. The molecule has 0 bridgehead atoms. The molecule has 1 heterocycles. The molecule has 2 atom stereocenters. The molecule has 110 valence electrons. The number of ether oxygens (including phenoxy) is 1. The highest BCUT2D eigenvalue weighted by atomic mass is 16.5. The van der Waals surface area contributed by atoms with Gasteiger partial charge in [-0.15, -0.1) is 0 Å². The van der Waals surface area contributed by atoms with Crippen LogP contribution in [-0.2, 0) is 20.7 Å². The van der Waals surface area contributed by atoms with Gasteiger partial charge in [0.1, 0.15) is 6.10 Å². The number of aromatic nitrogens is 1. The minimum absolute atomic E-state index is 0.0896. The number of esters is 1. The summed E-state index contributed by atoms with van der Waals surface area (Å²) in [6.07, 6.45) is 5.90. The Morgan fingerprint density at radius 3 is 2.65 bits per heavy atom. The van der Waals surface area contributed by atoms with Gasteiger partial charge in [0.25, 0.3) is 0 Å². The molecule has 2 unspecified atom stereocenters. The summed E-state index contributed by atoms with van der Waals surface area (Å²) < 4.78 is 5.24. The molecular formula is C14H20N2O4. The molecule has 0 radical (unpaired) electrons. The molecule has 0 amide bonds. The van der Waals surface area contributed by atoms with Crippen molar-refractivity contribution in [3.05, 3.63) is 30.1 Å². The fourth-order valence-electron chi connectivity index (χ4n) is 1.47. The van der Waals surface area contributed by atoms with E-state index in [1.807, 2.05) is 12.1 Å². The van der Waals surface area contributed by atoms with E-state index in [4.69, 9.17) is 9.84 Å². The fraction of sp³-hybridized carbons (Fsp3) is 0.500. The predicted octanol–water partition coefficient (Wildman–Crippen LogP) is 0.996. The smallest absolute Gasteiger partial charge is 0.317 e. The molecule has 3 N–H and O–H groups in total. The molecule has 1 aromatic heterocycles. The van der Waals surface area contributed by atoms with Crippen molar-refractivity contribution in [3.63, 3.8) is 0 Å². The summed E-state index contributed by atoms with van der Waals surface area (Å²) in [7, 11) is 0. The van der Waals surface area contributed by atoms with E-state index < -0.39 is 5.97 Å². The first kappa shape index (κ1) is 16.1. The summed E-state index contributed by atoms with van der Waals surface area (Å²) in [5.41, 5.74) is 5.65. The Bertz CT molecular complexity index is 436. The van der Waals surface area contributed by atoms with E-state index in [-0.39, 0.29) is 18.6 Å². The molecule has 1 aliphatic carbocycles. The van der Waals surface area contributed by atoms with Gasteiger partial charge in [0.05, 0.1) is 6.54 Å². The number of hydrogen-bond acceptors (Lipinski definition) is 5. The number of pyridine rings is 1. The summed E-state index contributed by atoms with van der Waals surface area (Å²) in [5.74, 6) is -0.495. The van der Waals surface area contributed by atoms with Crippen molar-refractivity contribution in [1.82, 2.24) is 4.98 Å². The quantitative estimate of drug-likeness (QED) is 0.780. The van der Waals surface area contributed by atoms with Gasteiger partial charge in [-0.1, -0.05) is 13.0 Å². The van der Waals surface area contributed by atoms with Gasteiger partial charge in [-0.3, -0.25) is 14.6 Å². The minimum atomic E-state index is -0.968. The van der Waals surface area contributed by atoms with Gasteiger partial charge in [0, 0.05) is 18.8 Å². The van der Waals surface area contributed by atoms with Crippen LogP contribution in [0, 0.1) is 5.92 Å². The maximum atomic E-state index is 11.4. The summed E-state index contributed by atoms with van der Waals surface area (Å²) in [5, 5.41) is 7.60. The van der Waals surface area contributed by atoms with Crippen molar-refractivity contribution in [2.24, 2.45) is 11.7 Å². The normalized spacial score (nSPS) is 19.5. The van der Waals surface area contributed by atoms with Gasteiger partial charge in [-0.25, -0.2) is 0 Å². The molecule has 20 heavy (non-hydrogen) atoms. The zero-order valence-electron chi connectivity index (χ0n) is 11.5. The standard InChI is InChI=1S/C12H15NO2.C2H5NO2/c1-9-7-11(9)15-12(14)5-4-10-3-2-6-13-8-10;3-1-2(4)5/h2-3,6,8-9,11H,4-5,7H2,1H3;1,3H2,(H,4,5). The zero-order valence-corrected chi connectivity index (χ0v) is 11.5. The summed E-state index contributed by atoms with van der Waals surface area (Å²) in [6, 6.07) is 3.85. The van der Waals surface area contributed by atoms with Crippen molar-refractivity contribution >= 4 is 11.9 Å². The predicted molar refractivity (Wildman–Crippen MR) is 72.9 cm³/mol. The van der Waals surface area contributed by atoms with Crippen LogP contribution >= 0.6 is 0 Å². The van der Waals surface area contributed by atoms with E-state index in [2.05, 4.69) is 17.6 Å².